The molecule has 1 unspecified atom stereocenters. The first-order chi connectivity index (χ1) is 7.10. The summed E-state index contributed by atoms with van der Waals surface area (Å²) in [5.41, 5.74) is 0. The van der Waals surface area contributed by atoms with E-state index in [2.05, 4.69) is 0 Å². The van der Waals surface area contributed by atoms with E-state index in [1.54, 1.807) is 4.90 Å². The van der Waals surface area contributed by atoms with E-state index in [1.165, 1.54) is 0 Å². The second-order valence-corrected chi connectivity index (χ2v) is 3.44. The van der Waals surface area contributed by atoms with Crippen LogP contribution < -0.4 is 0 Å². The fourth-order valence-electron chi connectivity index (χ4n) is 1.35. The van der Waals surface area contributed by atoms with Crippen LogP contribution in [0, 0.1) is 0 Å². The lowest BCUT2D eigenvalue weighted by atomic mass is 10.3. The van der Waals surface area contributed by atoms with Gasteiger partial charge in [0.25, 0.3) is 0 Å². The molecular formula is C10H21NO4. The minimum absolute atomic E-state index is 0.0307. The highest BCUT2D eigenvalue weighted by Gasteiger charge is 2.13. The van der Waals surface area contributed by atoms with Gasteiger partial charge in [-0.15, -0.1) is 0 Å². The molecule has 1 atom stereocenters. The average molecular weight is 219 g/mol. The van der Waals surface area contributed by atoms with Gasteiger partial charge in [-0.1, -0.05) is 6.92 Å². The third kappa shape index (κ3) is 8.35. The first-order valence-electron chi connectivity index (χ1n) is 5.30. The number of aliphatic hydroxyl groups is 1. The van der Waals surface area contributed by atoms with Gasteiger partial charge in [-0.25, -0.2) is 0 Å². The van der Waals surface area contributed by atoms with Crippen molar-refractivity contribution in [3.63, 3.8) is 0 Å². The third-order valence-corrected chi connectivity index (χ3v) is 1.88. The van der Waals surface area contributed by atoms with Crippen LogP contribution in [-0.4, -0.2) is 60.0 Å². The van der Waals surface area contributed by atoms with E-state index in [0.29, 0.717) is 19.7 Å². The Balaban J connectivity index is 3.86. The van der Waals surface area contributed by atoms with Gasteiger partial charge in [-0.05, 0) is 19.9 Å². The third-order valence-electron chi connectivity index (χ3n) is 1.88. The van der Waals surface area contributed by atoms with Crippen molar-refractivity contribution in [2.45, 2.75) is 26.4 Å². The van der Waals surface area contributed by atoms with Crippen molar-refractivity contribution in [2.75, 3.05) is 32.8 Å². The Morgan fingerprint density at radius 2 is 2.13 bits per heavy atom. The van der Waals surface area contributed by atoms with Crippen LogP contribution in [0.4, 0.5) is 0 Å². The normalized spacial score (nSPS) is 13.1. The molecule has 0 rings (SSSR count). The van der Waals surface area contributed by atoms with Crippen molar-refractivity contribution < 1.29 is 19.7 Å². The lowest BCUT2D eigenvalue weighted by molar-refractivity contribution is -0.138. The zero-order valence-corrected chi connectivity index (χ0v) is 9.48. The van der Waals surface area contributed by atoms with Crippen LogP contribution in [0.3, 0.4) is 0 Å². The number of carbonyl (C=O) groups is 1. The van der Waals surface area contributed by atoms with Crippen LogP contribution in [0.2, 0.25) is 0 Å². The van der Waals surface area contributed by atoms with Crippen LogP contribution in [0.5, 0.6) is 0 Å². The maximum absolute atomic E-state index is 10.5. The van der Waals surface area contributed by atoms with Crippen LogP contribution in [-0.2, 0) is 9.53 Å². The first-order valence-corrected chi connectivity index (χ1v) is 5.30. The maximum atomic E-state index is 10.5. The summed E-state index contributed by atoms with van der Waals surface area (Å²) in [5, 5.41) is 18.2. The van der Waals surface area contributed by atoms with Crippen LogP contribution in [0.25, 0.3) is 0 Å². The summed E-state index contributed by atoms with van der Waals surface area (Å²) in [6.45, 7) is 5.64. The quantitative estimate of drug-likeness (QED) is 0.579. The van der Waals surface area contributed by atoms with Crippen molar-refractivity contribution in [1.82, 2.24) is 4.90 Å². The molecule has 15 heavy (non-hydrogen) atoms. The molecule has 90 valence electrons. The monoisotopic (exact) mass is 219 g/mol. The fourth-order valence-corrected chi connectivity index (χ4v) is 1.35. The number of carboxylic acid groups (broad SMARTS) is 1. The lowest BCUT2D eigenvalue weighted by Crippen LogP contribution is -2.38. The number of ether oxygens (including phenoxy) is 1. The van der Waals surface area contributed by atoms with E-state index < -0.39 is 12.1 Å². The van der Waals surface area contributed by atoms with Crippen molar-refractivity contribution in [1.29, 1.82) is 0 Å². The Kier molecular flexibility index (Phi) is 8.27. The molecule has 2 N–H and O–H groups in total. The highest BCUT2D eigenvalue weighted by Crippen LogP contribution is 1.96. The van der Waals surface area contributed by atoms with Gasteiger partial charge in [0.15, 0.2) is 0 Å². The summed E-state index contributed by atoms with van der Waals surface area (Å²) >= 11 is 0. The van der Waals surface area contributed by atoms with Gasteiger partial charge in [0.2, 0.25) is 0 Å². The maximum Gasteiger partial charge on any atom is 0.317 e. The van der Waals surface area contributed by atoms with Crippen LogP contribution >= 0.6 is 0 Å². The van der Waals surface area contributed by atoms with Gasteiger partial charge in [0.1, 0.15) is 0 Å². The van der Waals surface area contributed by atoms with E-state index >= 15 is 0 Å². The minimum Gasteiger partial charge on any atom is -0.480 e. The number of carboxylic acids is 1. The van der Waals surface area contributed by atoms with Crippen molar-refractivity contribution >= 4 is 5.97 Å². The molecule has 0 aromatic heterocycles. The molecule has 0 spiro atoms. The summed E-state index contributed by atoms with van der Waals surface area (Å²) in [4.78, 5) is 12.2. The molecular weight excluding hydrogens is 198 g/mol. The van der Waals surface area contributed by atoms with Gasteiger partial charge in [-0.3, -0.25) is 9.69 Å². The van der Waals surface area contributed by atoms with E-state index in [1.807, 2.05) is 13.8 Å². The molecule has 0 aliphatic heterocycles. The second kappa shape index (κ2) is 8.64. The zero-order valence-electron chi connectivity index (χ0n) is 9.48. The Hall–Kier alpha value is -0.650. The summed E-state index contributed by atoms with van der Waals surface area (Å²) in [5.74, 6) is -0.868. The molecule has 0 aliphatic carbocycles. The van der Waals surface area contributed by atoms with Crippen molar-refractivity contribution in [3.05, 3.63) is 0 Å². The molecule has 0 amide bonds. The molecule has 0 heterocycles. The molecule has 0 aromatic rings. The minimum atomic E-state index is -0.868. The molecule has 0 radical (unpaired) electrons. The summed E-state index contributed by atoms with van der Waals surface area (Å²) in [6, 6.07) is 0. The number of aliphatic carboxylic acids is 1. The first kappa shape index (κ1) is 14.3. The number of nitrogens with zero attached hydrogens (tertiary/aromatic N) is 1. The molecule has 0 bridgehead atoms. The highest BCUT2D eigenvalue weighted by molar-refractivity contribution is 5.69. The van der Waals surface area contributed by atoms with Crippen molar-refractivity contribution in [3.8, 4) is 0 Å². The highest BCUT2D eigenvalue weighted by atomic mass is 16.5. The predicted molar refractivity (Wildman–Crippen MR) is 56.9 cm³/mol. The standard InChI is InChI=1S/C10H21NO4/c1-3-5-11(7-10(13)14)6-9(12)8-15-4-2/h9,12H,3-8H2,1-2H3,(H,13,14). The number of rotatable bonds is 9. The van der Waals surface area contributed by atoms with Gasteiger partial charge in [0.05, 0.1) is 19.3 Å². The lowest BCUT2D eigenvalue weighted by Gasteiger charge is -2.22. The zero-order chi connectivity index (χ0) is 11.7. The van der Waals surface area contributed by atoms with Gasteiger partial charge in [0, 0.05) is 13.2 Å². The number of aliphatic hydroxyl groups excluding tert-OH is 1. The fraction of sp³-hybridized carbons (Fsp3) is 0.900. The smallest absolute Gasteiger partial charge is 0.317 e. The molecule has 5 heteroatoms. The summed E-state index contributed by atoms with van der Waals surface area (Å²) in [6.07, 6.45) is 0.255. The van der Waals surface area contributed by atoms with Crippen LogP contribution in [0.1, 0.15) is 20.3 Å². The molecule has 0 saturated carbocycles. The van der Waals surface area contributed by atoms with E-state index in [-0.39, 0.29) is 13.2 Å². The Labute approximate surface area is 90.6 Å². The molecule has 0 aromatic carbocycles. The van der Waals surface area contributed by atoms with E-state index in [4.69, 9.17) is 9.84 Å². The molecule has 0 saturated heterocycles. The average Bonchev–Trinajstić information content (AvgIpc) is 2.14. The Bertz CT molecular complexity index is 175. The largest absolute Gasteiger partial charge is 0.480 e. The van der Waals surface area contributed by atoms with E-state index in [0.717, 1.165) is 6.42 Å². The van der Waals surface area contributed by atoms with Gasteiger partial charge >= 0.3 is 5.97 Å². The Morgan fingerprint density at radius 3 is 2.60 bits per heavy atom. The molecule has 5 nitrogen and oxygen atoms in total. The van der Waals surface area contributed by atoms with Gasteiger partial charge < -0.3 is 14.9 Å². The van der Waals surface area contributed by atoms with Crippen molar-refractivity contribution in [2.24, 2.45) is 0 Å². The summed E-state index contributed by atoms with van der Waals surface area (Å²) in [7, 11) is 0. The Morgan fingerprint density at radius 1 is 1.47 bits per heavy atom. The second-order valence-electron chi connectivity index (χ2n) is 3.44. The van der Waals surface area contributed by atoms with E-state index in [9.17, 15) is 9.90 Å². The SMILES string of the molecule is CCCN(CC(=O)O)CC(O)COCC. The molecule has 0 aliphatic rings. The van der Waals surface area contributed by atoms with Crippen LogP contribution in [0.15, 0.2) is 0 Å². The topological polar surface area (TPSA) is 70.0 Å². The molecule has 0 fully saturated rings. The number of hydrogen-bond donors (Lipinski definition) is 2. The number of hydrogen-bond acceptors (Lipinski definition) is 4. The summed E-state index contributed by atoms with van der Waals surface area (Å²) < 4.78 is 5.06. The predicted octanol–water partition coefficient (Wildman–Crippen LogP) is 0.180. The van der Waals surface area contributed by atoms with Gasteiger partial charge in [-0.2, -0.15) is 0 Å².